The van der Waals surface area contributed by atoms with Crippen LogP contribution < -0.4 is 5.32 Å². The quantitative estimate of drug-likeness (QED) is 0.553. The molecule has 3 nitrogen and oxygen atoms in total. The molecule has 0 spiro atoms. The Morgan fingerprint density at radius 3 is 2.91 bits per heavy atom. The number of rotatable bonds is 1. The highest BCUT2D eigenvalue weighted by molar-refractivity contribution is 5.65. The van der Waals surface area contributed by atoms with Gasteiger partial charge in [0.15, 0.2) is 0 Å². The van der Waals surface area contributed by atoms with Crippen LogP contribution in [0.25, 0.3) is 0 Å². The molecule has 3 heteroatoms. The molecule has 1 rings (SSSR count). The van der Waals surface area contributed by atoms with Gasteiger partial charge in [0.1, 0.15) is 0 Å². The fourth-order valence-corrected chi connectivity index (χ4v) is 1.49. The first-order chi connectivity index (χ1) is 5.24. The molecule has 0 heterocycles. The zero-order valence-electron chi connectivity index (χ0n) is 6.21. The number of hydrogen-bond acceptors (Lipinski definition) is 1. The van der Waals surface area contributed by atoms with Gasteiger partial charge in [0, 0.05) is 12.0 Å². The molecule has 2 N–H and O–H groups in total. The lowest BCUT2D eigenvalue weighted by Gasteiger charge is -2.13. The number of terminal acetylenes is 1. The molecule has 0 bridgehead atoms. The molecule has 1 aliphatic carbocycles. The van der Waals surface area contributed by atoms with Gasteiger partial charge in [-0.1, -0.05) is 6.42 Å². The minimum atomic E-state index is -0.975. The van der Waals surface area contributed by atoms with E-state index in [-0.39, 0.29) is 12.0 Å². The summed E-state index contributed by atoms with van der Waals surface area (Å²) in [6.07, 6.45) is 7.09. The van der Waals surface area contributed by atoms with Crippen LogP contribution in [0.2, 0.25) is 0 Å². The second-order valence-electron chi connectivity index (χ2n) is 2.76. The maximum atomic E-state index is 10.2. The summed E-state index contributed by atoms with van der Waals surface area (Å²) in [6, 6.07) is -0.0162. The number of nitrogens with one attached hydrogen (secondary N) is 1. The molecule has 2 atom stereocenters. The van der Waals surface area contributed by atoms with Crippen LogP contribution in [0.1, 0.15) is 19.3 Å². The third-order valence-electron chi connectivity index (χ3n) is 2.04. The Hall–Kier alpha value is -1.17. The molecule has 1 saturated carbocycles. The van der Waals surface area contributed by atoms with Gasteiger partial charge in [-0.05, 0) is 12.8 Å². The standard InChI is InChI=1S/C8H11NO2/c1-2-6-4-3-5-7(6)9-8(10)11/h1,6-7,9H,3-5H2,(H,10,11). The second kappa shape index (κ2) is 3.29. The van der Waals surface area contributed by atoms with E-state index in [9.17, 15) is 4.79 Å². The monoisotopic (exact) mass is 153 g/mol. The molecular weight excluding hydrogens is 142 g/mol. The van der Waals surface area contributed by atoms with Crippen LogP contribution in [0.4, 0.5) is 4.79 Å². The number of hydrogen-bond donors (Lipinski definition) is 2. The molecule has 2 unspecified atom stereocenters. The van der Waals surface area contributed by atoms with E-state index in [0.29, 0.717) is 0 Å². The fraction of sp³-hybridized carbons (Fsp3) is 0.625. The minimum absolute atomic E-state index is 0.0162. The van der Waals surface area contributed by atoms with E-state index in [1.165, 1.54) is 0 Å². The third-order valence-corrected chi connectivity index (χ3v) is 2.04. The number of carboxylic acid groups (broad SMARTS) is 1. The Balaban J connectivity index is 2.45. The van der Waals surface area contributed by atoms with Crippen LogP contribution in [-0.2, 0) is 0 Å². The molecule has 0 aromatic carbocycles. The largest absolute Gasteiger partial charge is 0.465 e. The molecule has 0 radical (unpaired) electrons. The van der Waals surface area contributed by atoms with Crippen molar-refractivity contribution < 1.29 is 9.90 Å². The molecule has 1 aliphatic rings. The third kappa shape index (κ3) is 1.87. The van der Waals surface area contributed by atoms with Gasteiger partial charge in [-0.2, -0.15) is 0 Å². The Kier molecular flexibility index (Phi) is 2.37. The van der Waals surface area contributed by atoms with Gasteiger partial charge in [0.05, 0.1) is 0 Å². The highest BCUT2D eigenvalue weighted by Crippen LogP contribution is 2.24. The number of amides is 1. The molecule has 1 amide bonds. The summed E-state index contributed by atoms with van der Waals surface area (Å²) >= 11 is 0. The Morgan fingerprint density at radius 2 is 2.36 bits per heavy atom. The molecule has 0 aliphatic heterocycles. The highest BCUT2D eigenvalue weighted by Gasteiger charge is 2.26. The summed E-state index contributed by atoms with van der Waals surface area (Å²) in [5.74, 6) is 2.70. The maximum absolute atomic E-state index is 10.2. The van der Waals surface area contributed by atoms with Crippen LogP contribution in [0.3, 0.4) is 0 Å². The van der Waals surface area contributed by atoms with Crippen molar-refractivity contribution in [2.45, 2.75) is 25.3 Å². The van der Waals surface area contributed by atoms with Crippen molar-refractivity contribution in [2.24, 2.45) is 5.92 Å². The summed E-state index contributed by atoms with van der Waals surface area (Å²) in [7, 11) is 0. The molecular formula is C8H11NO2. The normalized spacial score (nSPS) is 29.4. The summed E-state index contributed by atoms with van der Waals surface area (Å²) in [5.41, 5.74) is 0. The van der Waals surface area contributed by atoms with E-state index in [2.05, 4.69) is 11.2 Å². The van der Waals surface area contributed by atoms with E-state index in [0.717, 1.165) is 19.3 Å². The lowest BCUT2D eigenvalue weighted by Crippen LogP contribution is -2.35. The van der Waals surface area contributed by atoms with Gasteiger partial charge in [-0.15, -0.1) is 12.3 Å². The first kappa shape index (κ1) is 7.93. The number of carbonyl (C=O) groups is 1. The van der Waals surface area contributed by atoms with Gasteiger partial charge < -0.3 is 10.4 Å². The lowest BCUT2D eigenvalue weighted by molar-refractivity contribution is 0.188. The van der Waals surface area contributed by atoms with Gasteiger partial charge in [0.25, 0.3) is 0 Å². The highest BCUT2D eigenvalue weighted by atomic mass is 16.4. The summed E-state index contributed by atoms with van der Waals surface area (Å²) < 4.78 is 0. The van der Waals surface area contributed by atoms with E-state index < -0.39 is 6.09 Å². The Labute approximate surface area is 65.8 Å². The molecule has 0 aromatic heterocycles. The molecule has 11 heavy (non-hydrogen) atoms. The minimum Gasteiger partial charge on any atom is -0.465 e. The van der Waals surface area contributed by atoms with Crippen molar-refractivity contribution in [3.63, 3.8) is 0 Å². The van der Waals surface area contributed by atoms with Crippen molar-refractivity contribution in [1.29, 1.82) is 0 Å². The maximum Gasteiger partial charge on any atom is 0.404 e. The summed E-state index contributed by atoms with van der Waals surface area (Å²) in [6.45, 7) is 0. The van der Waals surface area contributed by atoms with E-state index in [1.54, 1.807) is 0 Å². The second-order valence-corrected chi connectivity index (χ2v) is 2.76. The lowest BCUT2D eigenvalue weighted by atomic mass is 10.1. The predicted octanol–water partition coefficient (Wildman–Crippen LogP) is 1.06. The van der Waals surface area contributed by atoms with Crippen LogP contribution in [0, 0.1) is 18.3 Å². The average Bonchev–Trinajstić information content (AvgIpc) is 2.34. The van der Waals surface area contributed by atoms with Crippen molar-refractivity contribution >= 4 is 6.09 Å². The van der Waals surface area contributed by atoms with E-state index >= 15 is 0 Å². The van der Waals surface area contributed by atoms with Gasteiger partial charge in [-0.25, -0.2) is 4.79 Å². The SMILES string of the molecule is C#CC1CCCC1NC(=O)O. The Bertz CT molecular complexity index is 195. The van der Waals surface area contributed by atoms with Crippen LogP contribution in [0.5, 0.6) is 0 Å². The first-order valence-electron chi connectivity index (χ1n) is 3.69. The van der Waals surface area contributed by atoms with Gasteiger partial charge in [0.2, 0.25) is 0 Å². The molecule has 0 saturated heterocycles. The zero-order chi connectivity index (χ0) is 8.27. The van der Waals surface area contributed by atoms with Crippen LogP contribution in [-0.4, -0.2) is 17.2 Å². The van der Waals surface area contributed by atoms with Crippen LogP contribution in [0.15, 0.2) is 0 Å². The zero-order valence-corrected chi connectivity index (χ0v) is 6.21. The van der Waals surface area contributed by atoms with Gasteiger partial charge in [-0.3, -0.25) is 0 Å². The first-order valence-corrected chi connectivity index (χ1v) is 3.69. The smallest absolute Gasteiger partial charge is 0.404 e. The van der Waals surface area contributed by atoms with Gasteiger partial charge >= 0.3 is 6.09 Å². The van der Waals surface area contributed by atoms with Crippen LogP contribution >= 0.6 is 0 Å². The topological polar surface area (TPSA) is 49.3 Å². The predicted molar refractivity (Wildman–Crippen MR) is 41.1 cm³/mol. The molecule has 1 fully saturated rings. The average molecular weight is 153 g/mol. The summed E-state index contributed by atoms with van der Waals surface area (Å²) in [5, 5.41) is 10.8. The molecule has 60 valence electrons. The summed E-state index contributed by atoms with van der Waals surface area (Å²) in [4.78, 5) is 10.2. The van der Waals surface area contributed by atoms with Crippen molar-refractivity contribution in [3.05, 3.63) is 0 Å². The van der Waals surface area contributed by atoms with Crippen molar-refractivity contribution in [3.8, 4) is 12.3 Å². The van der Waals surface area contributed by atoms with E-state index in [4.69, 9.17) is 11.5 Å². The Morgan fingerprint density at radius 1 is 1.64 bits per heavy atom. The van der Waals surface area contributed by atoms with Crippen molar-refractivity contribution in [2.75, 3.05) is 0 Å². The van der Waals surface area contributed by atoms with E-state index in [1.807, 2.05) is 0 Å². The van der Waals surface area contributed by atoms with Crippen molar-refractivity contribution in [1.82, 2.24) is 5.32 Å². The fourth-order valence-electron chi connectivity index (χ4n) is 1.49. The molecule has 0 aromatic rings.